The molecule has 1 aromatic rings. The minimum atomic E-state index is -0.431. The number of H-pyrrole nitrogens is 1. The maximum absolute atomic E-state index is 11.5. The number of aromatic amines is 1. The van der Waals surface area contributed by atoms with Crippen LogP contribution in [0.4, 0.5) is 0 Å². The topological polar surface area (TPSA) is 70.9 Å². The molecule has 98 valence electrons. The Bertz CT molecular complexity index is 417. The van der Waals surface area contributed by atoms with Crippen LogP contribution in [0.2, 0.25) is 0 Å². The smallest absolute Gasteiger partial charge is 0.344 e. The molecule has 0 aliphatic rings. The molecule has 1 aromatic heterocycles. The van der Waals surface area contributed by atoms with E-state index in [1.807, 2.05) is 34.6 Å². The highest BCUT2D eigenvalue weighted by Crippen LogP contribution is 2.25. The third kappa shape index (κ3) is 3.61. The zero-order chi connectivity index (χ0) is 13.2. The van der Waals surface area contributed by atoms with E-state index in [4.69, 9.17) is 0 Å². The van der Waals surface area contributed by atoms with E-state index in [0.29, 0.717) is 10.9 Å². The van der Waals surface area contributed by atoms with Gasteiger partial charge in [-0.05, 0) is 19.3 Å². The highest BCUT2D eigenvalue weighted by atomic mass is 32.2. The molecule has 17 heavy (non-hydrogen) atoms. The number of aliphatic hydroxyl groups excluding tert-OH is 1. The normalized spacial score (nSPS) is 14.3. The number of hydrogen-bond acceptors (Lipinski definition) is 4. The minimum Gasteiger partial charge on any atom is -0.392 e. The maximum atomic E-state index is 11.5. The molecule has 0 bridgehead atoms. The lowest BCUT2D eigenvalue weighted by Gasteiger charge is -2.25. The Kier molecular flexibility index (Phi) is 4.43. The van der Waals surface area contributed by atoms with Gasteiger partial charge in [-0.2, -0.15) is 0 Å². The molecule has 0 radical (unpaired) electrons. The Morgan fingerprint density at radius 1 is 1.47 bits per heavy atom. The zero-order valence-electron chi connectivity index (χ0n) is 11.0. The third-order valence-electron chi connectivity index (χ3n) is 2.56. The van der Waals surface area contributed by atoms with Crippen molar-refractivity contribution in [1.29, 1.82) is 0 Å². The first-order valence-corrected chi connectivity index (χ1v) is 6.69. The third-order valence-corrected chi connectivity index (χ3v) is 3.59. The monoisotopic (exact) mass is 259 g/mol. The summed E-state index contributed by atoms with van der Waals surface area (Å²) in [6, 6.07) is 0.0653. The number of rotatable bonds is 4. The maximum Gasteiger partial charge on any atom is 0.344 e. The molecule has 1 atom stereocenters. The Balaban J connectivity index is 2.74. The summed E-state index contributed by atoms with van der Waals surface area (Å²) in [6.07, 6.45) is -0.431. The van der Waals surface area contributed by atoms with Crippen LogP contribution in [0.5, 0.6) is 0 Å². The van der Waals surface area contributed by atoms with Gasteiger partial charge in [-0.25, -0.2) is 9.89 Å². The van der Waals surface area contributed by atoms with Crippen molar-refractivity contribution in [3.63, 3.8) is 0 Å². The molecule has 1 rings (SSSR count). The molecule has 0 amide bonds. The van der Waals surface area contributed by atoms with Crippen LogP contribution in [0.3, 0.4) is 0 Å². The fourth-order valence-corrected chi connectivity index (χ4v) is 2.60. The van der Waals surface area contributed by atoms with E-state index in [2.05, 4.69) is 10.2 Å². The number of aromatic nitrogens is 3. The van der Waals surface area contributed by atoms with Gasteiger partial charge in [0.2, 0.25) is 0 Å². The predicted octanol–water partition coefficient (Wildman–Crippen LogP) is 1.65. The van der Waals surface area contributed by atoms with Crippen LogP contribution in [-0.4, -0.2) is 31.7 Å². The van der Waals surface area contributed by atoms with Crippen LogP contribution in [0, 0.1) is 5.41 Å². The fourth-order valence-electron chi connectivity index (χ4n) is 1.25. The summed E-state index contributed by atoms with van der Waals surface area (Å²) in [6.45, 7) is 9.82. The van der Waals surface area contributed by atoms with Gasteiger partial charge in [-0.15, -0.1) is 5.10 Å². The second kappa shape index (κ2) is 5.27. The van der Waals surface area contributed by atoms with Crippen LogP contribution >= 0.6 is 11.8 Å². The zero-order valence-corrected chi connectivity index (χ0v) is 11.8. The molecule has 0 spiro atoms. The summed E-state index contributed by atoms with van der Waals surface area (Å²) >= 11 is 1.40. The van der Waals surface area contributed by atoms with E-state index < -0.39 is 6.10 Å². The predicted molar refractivity (Wildman–Crippen MR) is 69.4 cm³/mol. The quantitative estimate of drug-likeness (QED) is 0.807. The van der Waals surface area contributed by atoms with Crippen molar-refractivity contribution in [2.24, 2.45) is 5.41 Å². The van der Waals surface area contributed by atoms with Gasteiger partial charge in [0.15, 0.2) is 5.16 Å². The van der Waals surface area contributed by atoms with Gasteiger partial charge >= 0.3 is 5.69 Å². The molecule has 1 unspecified atom stereocenters. The number of thioether (sulfide) groups is 1. The lowest BCUT2D eigenvalue weighted by Crippen LogP contribution is -2.28. The molecule has 6 heteroatoms. The molecular weight excluding hydrogens is 238 g/mol. The average molecular weight is 259 g/mol. The Hall–Kier alpha value is -0.750. The minimum absolute atomic E-state index is 0.0653. The summed E-state index contributed by atoms with van der Waals surface area (Å²) in [5.41, 5.74) is -0.362. The highest BCUT2D eigenvalue weighted by molar-refractivity contribution is 7.99. The summed E-state index contributed by atoms with van der Waals surface area (Å²) < 4.78 is 1.60. The van der Waals surface area contributed by atoms with Crippen molar-refractivity contribution in [3.05, 3.63) is 10.5 Å². The van der Waals surface area contributed by atoms with E-state index in [9.17, 15) is 9.90 Å². The van der Waals surface area contributed by atoms with Crippen molar-refractivity contribution in [2.75, 3.05) is 5.75 Å². The molecule has 0 aliphatic carbocycles. The molecule has 0 saturated carbocycles. The van der Waals surface area contributed by atoms with Crippen molar-refractivity contribution in [2.45, 2.75) is 51.9 Å². The number of aliphatic hydroxyl groups is 1. The molecule has 5 nitrogen and oxygen atoms in total. The molecular formula is C11H21N3O2S. The second-order valence-corrected chi connectivity index (χ2v) is 6.46. The number of hydrogen-bond donors (Lipinski definition) is 2. The van der Waals surface area contributed by atoms with E-state index in [1.165, 1.54) is 11.8 Å². The first-order chi connectivity index (χ1) is 7.73. The van der Waals surface area contributed by atoms with Crippen molar-refractivity contribution >= 4 is 11.8 Å². The van der Waals surface area contributed by atoms with Crippen LogP contribution in [0.15, 0.2) is 9.95 Å². The summed E-state index contributed by atoms with van der Waals surface area (Å²) in [4.78, 5) is 11.5. The standard InChI is InChI=1S/C11H21N3O2S/c1-7(2)14-9(16)12-13-10(14)17-6-8(15)11(3,4)5/h7-8,15H,6H2,1-5H3,(H,12,16). The molecule has 2 N–H and O–H groups in total. The molecule has 0 aliphatic heterocycles. The van der Waals surface area contributed by atoms with Gasteiger partial charge in [0.25, 0.3) is 0 Å². The van der Waals surface area contributed by atoms with E-state index in [-0.39, 0.29) is 17.1 Å². The summed E-state index contributed by atoms with van der Waals surface area (Å²) in [7, 11) is 0. The SMILES string of the molecule is CC(C)n1c(SCC(O)C(C)(C)C)n[nH]c1=O. The van der Waals surface area contributed by atoms with Crippen molar-refractivity contribution in [3.8, 4) is 0 Å². The first kappa shape index (κ1) is 14.3. The Morgan fingerprint density at radius 2 is 2.06 bits per heavy atom. The van der Waals surface area contributed by atoms with Gasteiger partial charge in [0.1, 0.15) is 0 Å². The average Bonchev–Trinajstić information content (AvgIpc) is 2.54. The summed E-state index contributed by atoms with van der Waals surface area (Å²) in [5.74, 6) is 0.528. The van der Waals surface area contributed by atoms with E-state index >= 15 is 0 Å². The Labute approximate surface area is 106 Å². The van der Waals surface area contributed by atoms with Gasteiger partial charge in [-0.1, -0.05) is 32.5 Å². The van der Waals surface area contributed by atoms with E-state index in [1.54, 1.807) is 4.57 Å². The highest BCUT2D eigenvalue weighted by Gasteiger charge is 2.23. The summed E-state index contributed by atoms with van der Waals surface area (Å²) in [5, 5.41) is 17.0. The van der Waals surface area contributed by atoms with Crippen LogP contribution in [-0.2, 0) is 0 Å². The van der Waals surface area contributed by atoms with Gasteiger partial charge < -0.3 is 5.11 Å². The largest absolute Gasteiger partial charge is 0.392 e. The van der Waals surface area contributed by atoms with Crippen LogP contribution in [0.1, 0.15) is 40.7 Å². The van der Waals surface area contributed by atoms with Gasteiger partial charge in [-0.3, -0.25) is 4.57 Å². The van der Waals surface area contributed by atoms with Crippen LogP contribution < -0.4 is 5.69 Å². The Morgan fingerprint density at radius 3 is 2.53 bits per heavy atom. The fraction of sp³-hybridized carbons (Fsp3) is 0.818. The van der Waals surface area contributed by atoms with Crippen LogP contribution in [0.25, 0.3) is 0 Å². The van der Waals surface area contributed by atoms with Gasteiger partial charge in [0.05, 0.1) is 6.10 Å². The molecule has 1 heterocycles. The number of nitrogens with zero attached hydrogens (tertiary/aromatic N) is 2. The molecule has 0 aromatic carbocycles. The molecule has 0 fully saturated rings. The molecule has 0 saturated heterocycles. The first-order valence-electron chi connectivity index (χ1n) is 5.71. The lowest BCUT2D eigenvalue weighted by atomic mass is 9.90. The van der Waals surface area contributed by atoms with Gasteiger partial charge in [0, 0.05) is 11.8 Å². The van der Waals surface area contributed by atoms with E-state index in [0.717, 1.165) is 0 Å². The number of nitrogens with one attached hydrogen (secondary N) is 1. The van der Waals surface area contributed by atoms with Crippen molar-refractivity contribution in [1.82, 2.24) is 14.8 Å². The second-order valence-electron chi connectivity index (χ2n) is 5.47. The van der Waals surface area contributed by atoms with Crippen molar-refractivity contribution < 1.29 is 5.11 Å². The lowest BCUT2D eigenvalue weighted by molar-refractivity contribution is 0.0842.